The van der Waals surface area contributed by atoms with Gasteiger partial charge in [-0.05, 0) is 44.4 Å². The van der Waals surface area contributed by atoms with Crippen LogP contribution in [0, 0.1) is 12.7 Å². The number of hydrogen-bond acceptors (Lipinski definition) is 2. The largest absolute Gasteiger partial charge is 0.496 e. The van der Waals surface area contributed by atoms with Crippen LogP contribution in [0.1, 0.15) is 30.9 Å². The molecule has 0 saturated heterocycles. The Morgan fingerprint density at radius 1 is 1.44 bits per heavy atom. The molecule has 0 bridgehead atoms. The molecule has 0 heterocycles. The minimum atomic E-state index is -0.205. The van der Waals surface area contributed by atoms with Gasteiger partial charge in [0.2, 0.25) is 0 Å². The molecule has 2 nitrogen and oxygen atoms in total. The van der Waals surface area contributed by atoms with Gasteiger partial charge in [-0.25, -0.2) is 4.39 Å². The molecule has 0 amide bonds. The van der Waals surface area contributed by atoms with Crippen LogP contribution in [0.15, 0.2) is 12.1 Å². The highest BCUT2D eigenvalue weighted by Crippen LogP contribution is 2.54. The maximum Gasteiger partial charge on any atom is 0.130 e. The van der Waals surface area contributed by atoms with Crippen LogP contribution < -0.4 is 10.5 Å². The van der Waals surface area contributed by atoms with Crippen LogP contribution in [0.4, 0.5) is 4.39 Å². The highest BCUT2D eigenvalue weighted by molar-refractivity contribution is 5.47. The molecule has 3 heteroatoms. The number of halogens is 1. The summed E-state index contributed by atoms with van der Waals surface area (Å²) >= 11 is 0. The smallest absolute Gasteiger partial charge is 0.130 e. The quantitative estimate of drug-likeness (QED) is 0.854. The molecule has 0 spiro atoms. The van der Waals surface area contributed by atoms with E-state index in [1.54, 1.807) is 13.2 Å². The zero-order valence-electron chi connectivity index (χ0n) is 10.0. The Labute approximate surface area is 95.6 Å². The Balaban J connectivity index is 2.56. The summed E-state index contributed by atoms with van der Waals surface area (Å²) in [5, 5.41) is 0. The first-order chi connectivity index (χ1) is 7.51. The fourth-order valence-electron chi connectivity index (χ4n) is 2.42. The van der Waals surface area contributed by atoms with Gasteiger partial charge in [0.05, 0.1) is 7.11 Å². The average Bonchev–Trinajstić information content (AvgIpc) is 2.97. The van der Waals surface area contributed by atoms with Crippen molar-refractivity contribution in [2.75, 3.05) is 7.11 Å². The molecule has 16 heavy (non-hydrogen) atoms. The summed E-state index contributed by atoms with van der Waals surface area (Å²) in [7, 11) is 1.58. The van der Waals surface area contributed by atoms with Crippen molar-refractivity contribution in [1.29, 1.82) is 0 Å². The number of hydrogen-bond donors (Lipinski definition) is 1. The van der Waals surface area contributed by atoms with Crippen molar-refractivity contribution in [3.63, 3.8) is 0 Å². The van der Waals surface area contributed by atoms with E-state index in [0.717, 1.165) is 18.4 Å². The van der Waals surface area contributed by atoms with Gasteiger partial charge in [0.1, 0.15) is 11.6 Å². The molecular formula is C13H18FNO. The van der Waals surface area contributed by atoms with E-state index < -0.39 is 0 Å². The molecule has 0 aromatic heterocycles. The average molecular weight is 223 g/mol. The Morgan fingerprint density at radius 3 is 2.50 bits per heavy atom. The van der Waals surface area contributed by atoms with E-state index in [4.69, 9.17) is 10.5 Å². The van der Waals surface area contributed by atoms with Crippen LogP contribution in [0.2, 0.25) is 0 Å². The lowest BCUT2D eigenvalue weighted by Gasteiger charge is -2.23. The Bertz CT molecular complexity index is 411. The zero-order chi connectivity index (χ0) is 11.9. The molecule has 1 fully saturated rings. The van der Waals surface area contributed by atoms with Crippen molar-refractivity contribution in [3.05, 3.63) is 29.1 Å². The molecule has 1 atom stereocenters. The Hall–Kier alpha value is -1.09. The minimum Gasteiger partial charge on any atom is -0.496 e. The van der Waals surface area contributed by atoms with E-state index in [-0.39, 0.29) is 17.3 Å². The van der Waals surface area contributed by atoms with Gasteiger partial charge < -0.3 is 10.5 Å². The highest BCUT2D eigenvalue weighted by atomic mass is 19.1. The van der Waals surface area contributed by atoms with E-state index in [2.05, 4.69) is 0 Å². The van der Waals surface area contributed by atoms with E-state index >= 15 is 0 Å². The molecule has 0 radical (unpaired) electrons. The van der Waals surface area contributed by atoms with Gasteiger partial charge in [-0.15, -0.1) is 0 Å². The van der Waals surface area contributed by atoms with Gasteiger partial charge in [-0.2, -0.15) is 0 Å². The van der Waals surface area contributed by atoms with Crippen molar-refractivity contribution < 1.29 is 9.13 Å². The van der Waals surface area contributed by atoms with Crippen LogP contribution in [0.3, 0.4) is 0 Å². The molecule has 0 aliphatic heterocycles. The standard InChI is InChI=1S/C13H18FNO/c1-8-6-10(14)12(11(7-8)16-3)13(4-5-13)9(2)15/h6-7,9H,4-5,15H2,1-3H3. The van der Waals surface area contributed by atoms with Gasteiger partial charge in [0.15, 0.2) is 0 Å². The third-order valence-electron chi connectivity index (χ3n) is 3.58. The van der Waals surface area contributed by atoms with Crippen LogP contribution in [0.5, 0.6) is 5.75 Å². The Morgan fingerprint density at radius 2 is 2.06 bits per heavy atom. The van der Waals surface area contributed by atoms with Gasteiger partial charge in [-0.3, -0.25) is 0 Å². The lowest BCUT2D eigenvalue weighted by atomic mass is 9.87. The monoisotopic (exact) mass is 223 g/mol. The predicted molar refractivity (Wildman–Crippen MR) is 62.3 cm³/mol. The molecular weight excluding hydrogens is 205 g/mol. The molecule has 1 unspecified atom stereocenters. The second kappa shape index (κ2) is 3.74. The molecule has 2 rings (SSSR count). The highest BCUT2D eigenvalue weighted by Gasteiger charge is 2.50. The van der Waals surface area contributed by atoms with Crippen molar-refractivity contribution in [2.45, 2.75) is 38.1 Å². The lowest BCUT2D eigenvalue weighted by molar-refractivity contribution is 0.389. The van der Waals surface area contributed by atoms with Gasteiger partial charge in [0, 0.05) is 17.0 Å². The summed E-state index contributed by atoms with van der Waals surface area (Å²) in [4.78, 5) is 0. The summed E-state index contributed by atoms with van der Waals surface area (Å²) in [6, 6.07) is 3.39. The van der Waals surface area contributed by atoms with E-state index in [1.165, 1.54) is 0 Å². The van der Waals surface area contributed by atoms with Gasteiger partial charge >= 0.3 is 0 Å². The SMILES string of the molecule is COc1cc(C)cc(F)c1C1(C(C)N)CC1. The number of rotatable bonds is 3. The normalized spacial score (nSPS) is 19.3. The fourth-order valence-corrected chi connectivity index (χ4v) is 2.42. The summed E-state index contributed by atoms with van der Waals surface area (Å²) in [6.07, 6.45) is 1.89. The van der Waals surface area contributed by atoms with E-state index in [9.17, 15) is 4.39 Å². The summed E-state index contributed by atoms with van der Waals surface area (Å²) in [5.74, 6) is 0.443. The Kier molecular flexibility index (Phi) is 2.66. The van der Waals surface area contributed by atoms with Crippen LogP contribution >= 0.6 is 0 Å². The maximum absolute atomic E-state index is 14.1. The third-order valence-corrected chi connectivity index (χ3v) is 3.58. The number of aryl methyl sites for hydroxylation is 1. The molecule has 1 saturated carbocycles. The second-order valence-electron chi connectivity index (χ2n) is 4.77. The lowest BCUT2D eigenvalue weighted by Crippen LogP contribution is -2.32. The molecule has 1 aliphatic carbocycles. The molecule has 88 valence electrons. The van der Waals surface area contributed by atoms with Crippen LogP contribution in [-0.4, -0.2) is 13.2 Å². The van der Waals surface area contributed by atoms with Gasteiger partial charge in [-0.1, -0.05) is 0 Å². The fraction of sp³-hybridized carbons (Fsp3) is 0.538. The van der Waals surface area contributed by atoms with Crippen molar-refractivity contribution in [1.82, 2.24) is 0 Å². The van der Waals surface area contributed by atoms with Crippen LogP contribution in [-0.2, 0) is 5.41 Å². The number of nitrogens with two attached hydrogens (primary N) is 1. The number of methoxy groups -OCH3 is 1. The topological polar surface area (TPSA) is 35.2 Å². The molecule has 1 aromatic carbocycles. The van der Waals surface area contributed by atoms with E-state index in [0.29, 0.717) is 11.3 Å². The summed E-state index contributed by atoms with van der Waals surface area (Å²) < 4.78 is 19.3. The number of benzene rings is 1. The van der Waals surface area contributed by atoms with E-state index in [1.807, 2.05) is 19.9 Å². The third kappa shape index (κ3) is 1.59. The summed E-state index contributed by atoms with van der Waals surface area (Å²) in [5.41, 5.74) is 7.30. The molecule has 1 aromatic rings. The molecule has 2 N–H and O–H groups in total. The summed E-state index contributed by atoms with van der Waals surface area (Å²) in [6.45, 7) is 3.80. The number of ether oxygens (including phenoxy) is 1. The van der Waals surface area contributed by atoms with Crippen molar-refractivity contribution >= 4 is 0 Å². The first kappa shape index (κ1) is 11.4. The van der Waals surface area contributed by atoms with Gasteiger partial charge in [0.25, 0.3) is 0 Å². The first-order valence-electron chi connectivity index (χ1n) is 5.61. The predicted octanol–water partition coefficient (Wildman–Crippen LogP) is 2.52. The minimum absolute atomic E-state index is 0.0430. The zero-order valence-corrected chi connectivity index (χ0v) is 10.0. The molecule has 1 aliphatic rings. The van der Waals surface area contributed by atoms with Crippen LogP contribution in [0.25, 0.3) is 0 Å². The maximum atomic E-state index is 14.1. The van der Waals surface area contributed by atoms with Crippen molar-refractivity contribution in [2.24, 2.45) is 5.73 Å². The second-order valence-corrected chi connectivity index (χ2v) is 4.77. The first-order valence-corrected chi connectivity index (χ1v) is 5.61. The van der Waals surface area contributed by atoms with Crippen molar-refractivity contribution in [3.8, 4) is 5.75 Å².